The van der Waals surface area contributed by atoms with Crippen molar-refractivity contribution >= 4 is 5.84 Å². The first-order valence-electron chi connectivity index (χ1n) is 6.02. The van der Waals surface area contributed by atoms with Gasteiger partial charge in [0.05, 0.1) is 0 Å². The molecule has 0 bridgehead atoms. The van der Waals surface area contributed by atoms with Crippen LogP contribution in [0.2, 0.25) is 0 Å². The number of nitrogens with zero attached hydrogens (tertiary/aromatic N) is 2. The summed E-state index contributed by atoms with van der Waals surface area (Å²) in [6, 6.07) is 0.818. The van der Waals surface area contributed by atoms with E-state index in [2.05, 4.69) is 10.1 Å². The quantitative estimate of drug-likeness (QED) is 0.314. The molecule has 1 saturated heterocycles. The lowest BCUT2D eigenvalue weighted by atomic mass is 9.94. The van der Waals surface area contributed by atoms with E-state index >= 15 is 0 Å². The van der Waals surface area contributed by atoms with E-state index in [1.807, 2.05) is 0 Å². The summed E-state index contributed by atoms with van der Waals surface area (Å²) in [5, 5.41) is 11.7. The molecule has 0 radical (unpaired) electrons. The third kappa shape index (κ3) is 2.43. The van der Waals surface area contributed by atoms with Gasteiger partial charge in [-0.15, -0.1) is 0 Å². The van der Waals surface area contributed by atoms with Crippen LogP contribution in [-0.4, -0.2) is 35.1 Å². The van der Waals surface area contributed by atoms with Crippen molar-refractivity contribution in [3.63, 3.8) is 0 Å². The zero-order valence-corrected chi connectivity index (χ0v) is 9.23. The van der Waals surface area contributed by atoms with Crippen LogP contribution in [0.4, 0.5) is 0 Å². The Morgan fingerprint density at radius 1 is 1.13 bits per heavy atom. The largest absolute Gasteiger partial charge is 0.409 e. The Morgan fingerprint density at radius 3 is 2.27 bits per heavy atom. The van der Waals surface area contributed by atoms with Crippen molar-refractivity contribution in [1.82, 2.24) is 4.90 Å². The van der Waals surface area contributed by atoms with Crippen molar-refractivity contribution in [3.8, 4) is 0 Å². The zero-order chi connectivity index (χ0) is 10.7. The van der Waals surface area contributed by atoms with E-state index in [1.54, 1.807) is 0 Å². The van der Waals surface area contributed by atoms with E-state index in [4.69, 9.17) is 10.9 Å². The second-order valence-electron chi connectivity index (χ2n) is 4.77. The van der Waals surface area contributed by atoms with Crippen molar-refractivity contribution in [2.75, 3.05) is 13.1 Å². The number of rotatable bonds is 2. The van der Waals surface area contributed by atoms with Gasteiger partial charge in [0.2, 0.25) is 0 Å². The highest BCUT2D eigenvalue weighted by Gasteiger charge is 2.28. The normalized spacial score (nSPS) is 27.3. The summed E-state index contributed by atoms with van der Waals surface area (Å²) in [6.45, 7) is 2.23. The molecule has 1 heterocycles. The fraction of sp³-hybridized carbons (Fsp3) is 0.909. The van der Waals surface area contributed by atoms with E-state index in [1.165, 1.54) is 25.7 Å². The number of hydrogen-bond acceptors (Lipinski definition) is 3. The van der Waals surface area contributed by atoms with Crippen LogP contribution >= 0.6 is 0 Å². The summed E-state index contributed by atoms with van der Waals surface area (Å²) in [5.74, 6) is 0.716. The van der Waals surface area contributed by atoms with Crippen molar-refractivity contribution in [1.29, 1.82) is 0 Å². The molecule has 4 nitrogen and oxygen atoms in total. The molecule has 0 aromatic heterocycles. The molecule has 3 N–H and O–H groups in total. The lowest BCUT2D eigenvalue weighted by Gasteiger charge is -2.35. The van der Waals surface area contributed by atoms with Gasteiger partial charge in [-0.25, -0.2) is 0 Å². The first kappa shape index (κ1) is 10.7. The highest BCUT2D eigenvalue weighted by Crippen LogP contribution is 2.27. The predicted octanol–water partition coefficient (Wildman–Crippen LogP) is 1.39. The van der Waals surface area contributed by atoms with E-state index in [0.717, 1.165) is 32.0 Å². The molecular formula is C11H21N3O. The molecule has 2 aliphatic rings. The lowest BCUT2D eigenvalue weighted by molar-refractivity contribution is 0.150. The van der Waals surface area contributed by atoms with Crippen LogP contribution in [-0.2, 0) is 0 Å². The molecule has 1 aliphatic carbocycles. The summed E-state index contributed by atoms with van der Waals surface area (Å²) >= 11 is 0. The smallest absolute Gasteiger partial charge is 0.142 e. The van der Waals surface area contributed by atoms with Crippen LogP contribution in [0.25, 0.3) is 0 Å². The molecule has 0 atom stereocenters. The van der Waals surface area contributed by atoms with Gasteiger partial charge in [-0.2, -0.15) is 0 Å². The summed E-state index contributed by atoms with van der Waals surface area (Å²) in [5.41, 5.74) is 5.63. The van der Waals surface area contributed by atoms with Crippen LogP contribution in [0.5, 0.6) is 0 Å². The van der Waals surface area contributed by atoms with Gasteiger partial charge in [0.1, 0.15) is 5.84 Å². The third-order valence-corrected chi connectivity index (χ3v) is 3.90. The van der Waals surface area contributed by atoms with Gasteiger partial charge in [-0.3, -0.25) is 0 Å². The van der Waals surface area contributed by atoms with E-state index in [9.17, 15) is 0 Å². The Morgan fingerprint density at radius 2 is 1.73 bits per heavy atom. The van der Waals surface area contributed by atoms with Crippen molar-refractivity contribution < 1.29 is 5.21 Å². The fourth-order valence-electron chi connectivity index (χ4n) is 2.91. The molecule has 0 amide bonds. The minimum Gasteiger partial charge on any atom is -0.409 e. The third-order valence-electron chi connectivity index (χ3n) is 3.90. The summed E-state index contributed by atoms with van der Waals surface area (Å²) in [7, 11) is 0. The maximum atomic E-state index is 8.61. The molecule has 0 unspecified atom stereocenters. The van der Waals surface area contributed by atoms with Crippen LogP contribution < -0.4 is 5.73 Å². The highest BCUT2D eigenvalue weighted by atomic mass is 16.4. The zero-order valence-electron chi connectivity index (χ0n) is 9.23. The number of nitrogens with two attached hydrogens (primary N) is 1. The second kappa shape index (κ2) is 4.84. The monoisotopic (exact) mass is 211 g/mol. The number of oxime groups is 1. The molecule has 86 valence electrons. The highest BCUT2D eigenvalue weighted by molar-refractivity contribution is 5.82. The number of likely N-dealkylation sites (tertiary alicyclic amines) is 1. The number of piperidine rings is 1. The van der Waals surface area contributed by atoms with E-state index in [-0.39, 0.29) is 0 Å². The molecule has 1 aliphatic heterocycles. The van der Waals surface area contributed by atoms with E-state index < -0.39 is 0 Å². The number of amidine groups is 1. The molecule has 1 saturated carbocycles. The van der Waals surface area contributed by atoms with Gasteiger partial charge in [-0.05, 0) is 38.8 Å². The Bertz CT molecular complexity index is 228. The first-order chi connectivity index (χ1) is 7.31. The molecule has 2 fully saturated rings. The maximum Gasteiger partial charge on any atom is 0.142 e. The standard InChI is InChI=1S/C11H21N3O/c12-11(13-15)9-5-7-14(8-6-9)10-3-1-2-4-10/h9-10,15H,1-8H2,(H2,12,13). The average Bonchev–Trinajstić information content (AvgIpc) is 2.82. The molecule has 15 heavy (non-hydrogen) atoms. The van der Waals surface area contributed by atoms with Gasteiger partial charge < -0.3 is 15.8 Å². The molecule has 4 heteroatoms. The van der Waals surface area contributed by atoms with Gasteiger partial charge >= 0.3 is 0 Å². The van der Waals surface area contributed by atoms with Gasteiger partial charge in [0.15, 0.2) is 0 Å². The predicted molar refractivity (Wildman–Crippen MR) is 60.0 cm³/mol. The van der Waals surface area contributed by atoms with Crippen LogP contribution in [0.3, 0.4) is 0 Å². The van der Waals surface area contributed by atoms with Crippen molar-refractivity contribution in [2.24, 2.45) is 16.8 Å². The average molecular weight is 211 g/mol. The summed E-state index contributed by atoms with van der Waals surface area (Å²) in [4.78, 5) is 2.59. The van der Waals surface area contributed by atoms with Crippen LogP contribution in [0, 0.1) is 5.92 Å². The lowest BCUT2D eigenvalue weighted by Crippen LogP contribution is -2.43. The van der Waals surface area contributed by atoms with Crippen LogP contribution in [0.1, 0.15) is 38.5 Å². The van der Waals surface area contributed by atoms with Gasteiger partial charge in [-0.1, -0.05) is 18.0 Å². The minimum absolute atomic E-state index is 0.299. The second-order valence-corrected chi connectivity index (χ2v) is 4.77. The van der Waals surface area contributed by atoms with Crippen molar-refractivity contribution in [3.05, 3.63) is 0 Å². The minimum atomic E-state index is 0.299. The summed E-state index contributed by atoms with van der Waals surface area (Å²) in [6.07, 6.45) is 7.62. The fourth-order valence-corrected chi connectivity index (χ4v) is 2.91. The summed E-state index contributed by atoms with van der Waals surface area (Å²) < 4.78 is 0. The van der Waals surface area contributed by atoms with Crippen molar-refractivity contribution in [2.45, 2.75) is 44.6 Å². The molecular weight excluding hydrogens is 190 g/mol. The van der Waals surface area contributed by atoms with Gasteiger partial charge in [0.25, 0.3) is 0 Å². The van der Waals surface area contributed by atoms with Gasteiger partial charge in [0, 0.05) is 12.0 Å². The Hall–Kier alpha value is -0.770. The first-order valence-corrected chi connectivity index (χ1v) is 6.02. The Kier molecular flexibility index (Phi) is 3.46. The molecule has 2 rings (SSSR count). The topological polar surface area (TPSA) is 61.9 Å². The SMILES string of the molecule is NC(=NO)C1CCN(C2CCCC2)CC1. The maximum absolute atomic E-state index is 8.61. The number of hydrogen-bond donors (Lipinski definition) is 2. The molecule has 0 spiro atoms. The Labute approximate surface area is 91.1 Å². The molecule has 0 aromatic rings. The molecule has 0 aromatic carbocycles. The Balaban J connectivity index is 1.81. The van der Waals surface area contributed by atoms with Crippen LogP contribution in [0.15, 0.2) is 5.16 Å². The van der Waals surface area contributed by atoms with E-state index in [0.29, 0.717) is 11.8 Å².